The highest BCUT2D eigenvalue weighted by atomic mass is 16.5. The highest BCUT2D eigenvalue weighted by Gasteiger charge is 2.27. The Bertz CT molecular complexity index is 1330. The number of rotatable bonds is 5. The average Bonchev–Trinajstić information content (AvgIpc) is 2.86. The van der Waals surface area contributed by atoms with Crippen molar-refractivity contribution in [2.24, 2.45) is 0 Å². The maximum Gasteiger partial charge on any atom is 0.130 e. The average molecular weight is 453 g/mol. The van der Waals surface area contributed by atoms with Crippen LogP contribution in [0.25, 0.3) is 11.1 Å². The molecule has 0 saturated heterocycles. The zero-order valence-electron chi connectivity index (χ0n) is 20.1. The monoisotopic (exact) mass is 452 g/mol. The predicted octanol–water partition coefficient (Wildman–Crippen LogP) is 7.32. The lowest BCUT2D eigenvalue weighted by molar-refractivity contribution is 0.397. The fourth-order valence-electron chi connectivity index (χ4n) is 4.72. The number of fused-ring (bicyclic) bond motifs is 2. The molecule has 34 heavy (non-hydrogen) atoms. The number of anilines is 4. The van der Waals surface area contributed by atoms with Crippen molar-refractivity contribution in [1.82, 2.24) is 0 Å². The molecule has 0 bridgehead atoms. The van der Waals surface area contributed by atoms with Gasteiger partial charge in [0.2, 0.25) is 0 Å². The minimum Gasteiger partial charge on any atom is -0.496 e. The third-order valence-electron chi connectivity index (χ3n) is 6.34. The molecule has 0 radical (unpaired) electrons. The van der Waals surface area contributed by atoms with Gasteiger partial charge in [-0.15, -0.1) is 0 Å². The lowest BCUT2D eigenvalue weighted by atomic mass is 9.98. The van der Waals surface area contributed by atoms with Gasteiger partial charge in [-0.1, -0.05) is 30.3 Å². The number of benzene rings is 4. The van der Waals surface area contributed by atoms with Gasteiger partial charge in [0.1, 0.15) is 23.0 Å². The Morgan fingerprint density at radius 1 is 0.618 bits per heavy atom. The molecule has 5 heteroatoms. The van der Waals surface area contributed by atoms with Crippen molar-refractivity contribution in [2.75, 3.05) is 38.1 Å². The first kappa shape index (κ1) is 21.7. The molecule has 4 aromatic rings. The zero-order valence-corrected chi connectivity index (χ0v) is 20.1. The van der Waals surface area contributed by atoms with Crippen molar-refractivity contribution < 1.29 is 14.2 Å². The van der Waals surface area contributed by atoms with E-state index in [1.807, 2.05) is 48.5 Å². The molecule has 0 aliphatic carbocycles. The summed E-state index contributed by atoms with van der Waals surface area (Å²) in [5.41, 5.74) is 7.61. The maximum absolute atomic E-state index is 6.15. The van der Waals surface area contributed by atoms with Gasteiger partial charge in [-0.3, -0.25) is 0 Å². The van der Waals surface area contributed by atoms with E-state index in [4.69, 9.17) is 14.2 Å². The van der Waals surface area contributed by atoms with Crippen molar-refractivity contribution >= 4 is 22.7 Å². The van der Waals surface area contributed by atoms with Crippen molar-refractivity contribution in [2.45, 2.75) is 6.92 Å². The summed E-state index contributed by atoms with van der Waals surface area (Å²) in [6.45, 7) is 2.12. The van der Waals surface area contributed by atoms with Gasteiger partial charge in [-0.25, -0.2) is 0 Å². The summed E-state index contributed by atoms with van der Waals surface area (Å²) in [5.74, 6) is 3.21. The van der Waals surface area contributed by atoms with Gasteiger partial charge in [0.15, 0.2) is 0 Å². The van der Waals surface area contributed by atoms with E-state index >= 15 is 0 Å². The van der Waals surface area contributed by atoms with Crippen molar-refractivity contribution in [3.8, 4) is 34.1 Å². The molecular weight excluding hydrogens is 424 g/mol. The van der Waals surface area contributed by atoms with Crippen LogP contribution >= 0.6 is 0 Å². The summed E-state index contributed by atoms with van der Waals surface area (Å²) >= 11 is 0. The van der Waals surface area contributed by atoms with Gasteiger partial charge in [0.25, 0.3) is 0 Å². The number of hydrogen-bond acceptors (Lipinski definition) is 5. The first-order valence-electron chi connectivity index (χ1n) is 11.2. The second-order valence-corrected chi connectivity index (χ2v) is 8.38. The lowest BCUT2D eigenvalue weighted by Crippen LogP contribution is -2.25. The van der Waals surface area contributed by atoms with Crippen molar-refractivity contribution in [3.63, 3.8) is 0 Å². The van der Waals surface area contributed by atoms with Crippen LogP contribution in [-0.2, 0) is 0 Å². The first-order chi connectivity index (χ1) is 16.5. The molecule has 0 N–H and O–H groups in total. The Hall–Kier alpha value is -4.12. The third kappa shape index (κ3) is 3.59. The number of aryl methyl sites for hydroxylation is 1. The molecule has 1 heterocycles. The van der Waals surface area contributed by atoms with Crippen LogP contribution in [0.4, 0.5) is 22.7 Å². The van der Waals surface area contributed by atoms with Crippen LogP contribution in [0.5, 0.6) is 23.0 Å². The van der Waals surface area contributed by atoms with E-state index in [1.165, 1.54) is 0 Å². The normalized spacial score (nSPS) is 12.1. The molecule has 0 atom stereocenters. The Labute approximate surface area is 200 Å². The van der Waals surface area contributed by atoms with Gasteiger partial charge >= 0.3 is 0 Å². The maximum atomic E-state index is 6.15. The Kier molecular flexibility index (Phi) is 5.54. The lowest BCUT2D eigenvalue weighted by Gasteiger charge is -2.38. The van der Waals surface area contributed by atoms with Crippen LogP contribution in [0, 0.1) is 6.92 Å². The molecule has 1 aliphatic rings. The van der Waals surface area contributed by atoms with Crippen LogP contribution < -0.4 is 24.0 Å². The van der Waals surface area contributed by atoms with E-state index < -0.39 is 0 Å². The van der Waals surface area contributed by atoms with Crippen LogP contribution in [0.3, 0.4) is 0 Å². The molecule has 1 aliphatic heterocycles. The number of hydrogen-bond donors (Lipinski definition) is 0. The molecule has 5 rings (SSSR count). The molecule has 4 aromatic carbocycles. The number of para-hydroxylation sites is 1. The second kappa shape index (κ2) is 8.67. The molecule has 5 nitrogen and oxygen atoms in total. The van der Waals surface area contributed by atoms with E-state index in [1.54, 1.807) is 14.2 Å². The largest absolute Gasteiger partial charge is 0.496 e. The van der Waals surface area contributed by atoms with Gasteiger partial charge < -0.3 is 24.0 Å². The van der Waals surface area contributed by atoms with Gasteiger partial charge in [-0.2, -0.15) is 0 Å². The molecule has 172 valence electrons. The Balaban J connectivity index is 1.59. The predicted molar refractivity (Wildman–Crippen MR) is 139 cm³/mol. The third-order valence-corrected chi connectivity index (χ3v) is 6.34. The summed E-state index contributed by atoms with van der Waals surface area (Å²) in [4.78, 5) is 4.47. The summed E-state index contributed by atoms with van der Waals surface area (Å²) < 4.78 is 17.5. The molecule has 0 saturated carbocycles. The summed E-state index contributed by atoms with van der Waals surface area (Å²) in [6, 6.07) is 26.4. The molecule has 0 spiro atoms. The highest BCUT2D eigenvalue weighted by Crippen LogP contribution is 2.51. The van der Waals surface area contributed by atoms with E-state index in [-0.39, 0.29) is 0 Å². The number of methoxy groups -OCH3 is 2. The van der Waals surface area contributed by atoms with E-state index in [0.29, 0.717) is 0 Å². The van der Waals surface area contributed by atoms with Crippen molar-refractivity contribution in [1.29, 1.82) is 0 Å². The van der Waals surface area contributed by atoms with E-state index in [9.17, 15) is 0 Å². The summed E-state index contributed by atoms with van der Waals surface area (Å²) in [5, 5.41) is 0. The van der Waals surface area contributed by atoms with Crippen molar-refractivity contribution in [3.05, 3.63) is 84.4 Å². The van der Waals surface area contributed by atoms with Gasteiger partial charge in [0.05, 0.1) is 42.5 Å². The molecule has 0 fully saturated rings. The Morgan fingerprint density at radius 2 is 1.32 bits per heavy atom. The van der Waals surface area contributed by atoms with Crippen LogP contribution in [0.2, 0.25) is 0 Å². The fraction of sp³-hybridized carbons (Fsp3) is 0.172. The first-order valence-corrected chi connectivity index (χ1v) is 11.2. The van der Waals surface area contributed by atoms with Crippen LogP contribution in [0.15, 0.2) is 78.9 Å². The van der Waals surface area contributed by atoms with E-state index in [2.05, 4.69) is 61.2 Å². The standard InChI is InChI=1S/C29H28N2O3/c1-19-16-22(34-21-10-7-6-8-11-21)18-25-29(19)31(3)24-17-20(14-15-23(24)30(25)2)28-26(32-4)12-9-13-27(28)33-5/h6-18H,1-5H3. The number of nitrogens with zero attached hydrogens (tertiary/aromatic N) is 2. The quantitative estimate of drug-likeness (QED) is 0.317. The SMILES string of the molecule is COc1cccc(OC)c1-c1ccc2c(c1)N(C)c1c(C)cc(Oc3ccccc3)cc1N2C. The molecule has 0 unspecified atom stereocenters. The summed E-state index contributed by atoms with van der Waals surface area (Å²) in [7, 11) is 7.58. The molecule has 0 aromatic heterocycles. The van der Waals surface area contributed by atoms with Gasteiger partial charge in [0, 0.05) is 20.2 Å². The minimum atomic E-state index is 0.783. The van der Waals surface area contributed by atoms with E-state index in [0.717, 1.165) is 62.4 Å². The van der Waals surface area contributed by atoms with Crippen LogP contribution in [0.1, 0.15) is 5.56 Å². The molecule has 0 amide bonds. The topological polar surface area (TPSA) is 34.2 Å². The fourth-order valence-corrected chi connectivity index (χ4v) is 4.72. The smallest absolute Gasteiger partial charge is 0.130 e. The number of ether oxygens (including phenoxy) is 3. The van der Waals surface area contributed by atoms with Gasteiger partial charge in [-0.05, 0) is 60.5 Å². The second-order valence-electron chi connectivity index (χ2n) is 8.38. The van der Waals surface area contributed by atoms with Crippen LogP contribution in [-0.4, -0.2) is 28.3 Å². The minimum absolute atomic E-state index is 0.783. The highest BCUT2D eigenvalue weighted by molar-refractivity contribution is 5.96. The zero-order chi connectivity index (χ0) is 23.8. The summed E-state index contributed by atoms with van der Waals surface area (Å²) in [6.07, 6.45) is 0. The molecular formula is C29H28N2O3. The Morgan fingerprint density at radius 3 is 2.00 bits per heavy atom.